The molecule has 0 N–H and O–H groups in total. The van der Waals surface area contributed by atoms with Gasteiger partial charge >= 0.3 is 0 Å². The van der Waals surface area contributed by atoms with Gasteiger partial charge in [-0.25, -0.2) is 0 Å². The standard InChI is InChI=1S/C20H30N2O2/c1-23-18-5-6-20(24-2)17(13-18)14-21-7-9-22(10-8-21)19-12-15-3-4-16(19)11-15/h5-6,13,15-16,19H,3-4,7-12,14H2,1-2H3/t15-,16-,19-/m1/s1. The molecule has 3 aliphatic rings. The first-order chi connectivity index (χ1) is 11.8. The van der Waals surface area contributed by atoms with E-state index in [0.29, 0.717) is 0 Å². The molecule has 1 aromatic rings. The predicted octanol–water partition coefficient (Wildman–Crippen LogP) is 3.01. The highest BCUT2D eigenvalue weighted by Gasteiger charge is 2.42. The van der Waals surface area contributed by atoms with Gasteiger partial charge in [0.25, 0.3) is 0 Å². The predicted molar refractivity (Wildman–Crippen MR) is 95.6 cm³/mol. The summed E-state index contributed by atoms with van der Waals surface area (Å²) < 4.78 is 10.9. The molecule has 1 heterocycles. The van der Waals surface area contributed by atoms with Crippen LogP contribution in [-0.4, -0.2) is 56.2 Å². The van der Waals surface area contributed by atoms with E-state index in [1.807, 2.05) is 12.1 Å². The average Bonchev–Trinajstić information content (AvgIpc) is 3.25. The summed E-state index contributed by atoms with van der Waals surface area (Å²) in [6.45, 7) is 5.72. The number of ether oxygens (including phenoxy) is 2. The van der Waals surface area contributed by atoms with Crippen LogP contribution in [0.5, 0.6) is 11.5 Å². The molecule has 1 aromatic carbocycles. The Kier molecular flexibility index (Phi) is 4.68. The quantitative estimate of drug-likeness (QED) is 0.828. The highest BCUT2D eigenvalue weighted by atomic mass is 16.5. The second-order valence-corrected chi connectivity index (χ2v) is 7.73. The largest absolute Gasteiger partial charge is 0.497 e. The molecule has 3 fully saturated rings. The second-order valence-electron chi connectivity index (χ2n) is 7.73. The fraction of sp³-hybridized carbons (Fsp3) is 0.700. The molecule has 132 valence electrons. The topological polar surface area (TPSA) is 24.9 Å². The van der Waals surface area contributed by atoms with Gasteiger partial charge in [0, 0.05) is 44.3 Å². The summed E-state index contributed by atoms with van der Waals surface area (Å²) in [6, 6.07) is 6.98. The minimum atomic E-state index is 0.886. The summed E-state index contributed by atoms with van der Waals surface area (Å²) in [5.74, 6) is 3.91. The Morgan fingerprint density at radius 3 is 2.46 bits per heavy atom. The lowest BCUT2D eigenvalue weighted by molar-refractivity contribution is 0.0676. The van der Waals surface area contributed by atoms with Gasteiger partial charge in [-0.2, -0.15) is 0 Å². The number of methoxy groups -OCH3 is 2. The molecule has 4 heteroatoms. The highest BCUT2D eigenvalue weighted by Crippen LogP contribution is 2.46. The van der Waals surface area contributed by atoms with Crippen LogP contribution in [0.25, 0.3) is 0 Å². The number of hydrogen-bond acceptors (Lipinski definition) is 4. The van der Waals surface area contributed by atoms with Crippen LogP contribution < -0.4 is 9.47 Å². The smallest absolute Gasteiger partial charge is 0.123 e. The SMILES string of the molecule is COc1ccc(OC)c(CN2CCN([C@@H]3C[C@@H]4CC[C@@H]3C4)CC2)c1. The third-order valence-corrected chi connectivity index (χ3v) is 6.46. The Morgan fingerprint density at radius 1 is 1.00 bits per heavy atom. The van der Waals surface area contributed by atoms with Gasteiger partial charge in [-0.3, -0.25) is 9.80 Å². The van der Waals surface area contributed by atoms with Crippen LogP contribution in [0.3, 0.4) is 0 Å². The fourth-order valence-corrected chi connectivity index (χ4v) is 5.16. The van der Waals surface area contributed by atoms with E-state index in [0.717, 1.165) is 49.0 Å². The summed E-state index contributed by atoms with van der Waals surface area (Å²) in [5, 5.41) is 0. The third kappa shape index (κ3) is 3.14. The van der Waals surface area contributed by atoms with Gasteiger partial charge in [0.1, 0.15) is 11.5 Å². The minimum absolute atomic E-state index is 0.886. The molecule has 2 saturated carbocycles. The van der Waals surface area contributed by atoms with Crippen molar-refractivity contribution in [3.63, 3.8) is 0 Å². The number of piperazine rings is 1. The molecule has 1 saturated heterocycles. The third-order valence-electron chi connectivity index (χ3n) is 6.46. The summed E-state index contributed by atoms with van der Waals surface area (Å²) in [6.07, 6.45) is 5.95. The van der Waals surface area contributed by atoms with Crippen LogP contribution in [0.2, 0.25) is 0 Å². The summed E-state index contributed by atoms with van der Waals surface area (Å²) in [5.41, 5.74) is 1.23. The van der Waals surface area contributed by atoms with Crippen LogP contribution in [-0.2, 0) is 6.54 Å². The first-order valence-electron chi connectivity index (χ1n) is 9.44. The molecule has 0 spiro atoms. The molecule has 0 radical (unpaired) electrons. The molecular weight excluding hydrogens is 300 g/mol. The van der Waals surface area contributed by atoms with Crippen LogP contribution in [0.1, 0.15) is 31.2 Å². The van der Waals surface area contributed by atoms with Gasteiger partial charge in [0.05, 0.1) is 14.2 Å². The van der Waals surface area contributed by atoms with Crippen LogP contribution in [0.15, 0.2) is 18.2 Å². The van der Waals surface area contributed by atoms with Gasteiger partial charge in [-0.05, 0) is 49.3 Å². The second kappa shape index (κ2) is 6.93. The molecule has 4 rings (SSSR count). The molecule has 3 atom stereocenters. The van der Waals surface area contributed by atoms with Crippen molar-refractivity contribution in [3.05, 3.63) is 23.8 Å². The van der Waals surface area contributed by atoms with E-state index >= 15 is 0 Å². The number of rotatable bonds is 5. The first kappa shape index (κ1) is 16.2. The molecule has 2 bridgehead atoms. The molecule has 0 aromatic heterocycles. The molecular formula is C20H30N2O2. The van der Waals surface area contributed by atoms with E-state index in [1.165, 1.54) is 44.3 Å². The molecule has 24 heavy (non-hydrogen) atoms. The summed E-state index contributed by atoms with van der Waals surface area (Å²) >= 11 is 0. The van der Waals surface area contributed by atoms with Crippen molar-refractivity contribution < 1.29 is 9.47 Å². The lowest BCUT2D eigenvalue weighted by Crippen LogP contribution is -2.51. The number of nitrogens with zero attached hydrogens (tertiary/aromatic N) is 2. The Morgan fingerprint density at radius 2 is 1.83 bits per heavy atom. The van der Waals surface area contributed by atoms with Crippen LogP contribution in [0, 0.1) is 11.8 Å². The maximum Gasteiger partial charge on any atom is 0.123 e. The highest BCUT2D eigenvalue weighted by molar-refractivity contribution is 5.40. The van der Waals surface area contributed by atoms with Crippen molar-refractivity contribution in [3.8, 4) is 11.5 Å². The van der Waals surface area contributed by atoms with Crippen LogP contribution >= 0.6 is 0 Å². The lowest BCUT2D eigenvalue weighted by Gasteiger charge is -2.41. The van der Waals surface area contributed by atoms with E-state index in [-0.39, 0.29) is 0 Å². The number of fused-ring (bicyclic) bond motifs is 2. The molecule has 2 aliphatic carbocycles. The summed E-state index contributed by atoms with van der Waals surface area (Å²) in [4.78, 5) is 5.34. The van der Waals surface area contributed by atoms with E-state index in [4.69, 9.17) is 9.47 Å². The van der Waals surface area contributed by atoms with Crippen molar-refractivity contribution in [2.24, 2.45) is 11.8 Å². The van der Waals surface area contributed by atoms with Crippen molar-refractivity contribution in [1.29, 1.82) is 0 Å². The number of hydrogen-bond donors (Lipinski definition) is 0. The normalized spacial score (nSPS) is 30.7. The lowest BCUT2D eigenvalue weighted by atomic mass is 9.93. The zero-order chi connectivity index (χ0) is 16.5. The van der Waals surface area contributed by atoms with Gasteiger partial charge in [0.15, 0.2) is 0 Å². The Hall–Kier alpha value is -1.26. The maximum absolute atomic E-state index is 5.53. The molecule has 0 amide bonds. The Balaban J connectivity index is 1.35. The van der Waals surface area contributed by atoms with Gasteiger partial charge in [-0.15, -0.1) is 0 Å². The summed E-state index contributed by atoms with van der Waals surface area (Å²) in [7, 11) is 3.47. The van der Waals surface area contributed by atoms with Gasteiger partial charge < -0.3 is 9.47 Å². The number of benzene rings is 1. The van der Waals surface area contributed by atoms with E-state index in [9.17, 15) is 0 Å². The first-order valence-corrected chi connectivity index (χ1v) is 9.44. The van der Waals surface area contributed by atoms with Gasteiger partial charge in [0.2, 0.25) is 0 Å². The fourth-order valence-electron chi connectivity index (χ4n) is 5.16. The van der Waals surface area contributed by atoms with Crippen molar-refractivity contribution >= 4 is 0 Å². The molecule has 4 nitrogen and oxygen atoms in total. The van der Waals surface area contributed by atoms with E-state index in [1.54, 1.807) is 14.2 Å². The zero-order valence-corrected chi connectivity index (χ0v) is 15.0. The van der Waals surface area contributed by atoms with Crippen molar-refractivity contribution in [2.45, 2.75) is 38.3 Å². The Labute approximate surface area is 145 Å². The van der Waals surface area contributed by atoms with E-state index in [2.05, 4.69) is 15.9 Å². The molecule has 0 unspecified atom stereocenters. The van der Waals surface area contributed by atoms with Crippen molar-refractivity contribution in [1.82, 2.24) is 9.80 Å². The van der Waals surface area contributed by atoms with Gasteiger partial charge in [-0.1, -0.05) is 6.42 Å². The maximum atomic E-state index is 5.53. The minimum Gasteiger partial charge on any atom is -0.497 e. The average molecular weight is 330 g/mol. The van der Waals surface area contributed by atoms with Crippen LogP contribution in [0.4, 0.5) is 0 Å². The zero-order valence-electron chi connectivity index (χ0n) is 15.0. The monoisotopic (exact) mass is 330 g/mol. The Bertz CT molecular complexity index is 569. The van der Waals surface area contributed by atoms with E-state index < -0.39 is 0 Å². The molecule has 1 aliphatic heterocycles. The van der Waals surface area contributed by atoms with Crippen molar-refractivity contribution in [2.75, 3.05) is 40.4 Å².